The second-order valence-electron chi connectivity index (χ2n) is 6.03. The van der Waals surface area contributed by atoms with Gasteiger partial charge in [-0.15, -0.1) is 0 Å². The molecule has 0 saturated heterocycles. The highest BCUT2D eigenvalue weighted by molar-refractivity contribution is 7.89. The van der Waals surface area contributed by atoms with Gasteiger partial charge in [-0.1, -0.05) is 36.4 Å². The van der Waals surface area contributed by atoms with E-state index in [9.17, 15) is 13.2 Å². The minimum absolute atomic E-state index is 0.0296. The number of aliphatic hydroxyl groups excluding tert-OH is 1. The number of nitrogens with one attached hydrogen (secondary N) is 2. The number of sulfonamides is 1. The van der Waals surface area contributed by atoms with E-state index in [2.05, 4.69) is 10.0 Å². The minimum atomic E-state index is -4.01. The smallest absolute Gasteiger partial charge is 0.244 e. The van der Waals surface area contributed by atoms with Gasteiger partial charge in [0, 0.05) is 6.54 Å². The molecule has 2 aromatic carbocycles. The Balaban J connectivity index is 2.32. The van der Waals surface area contributed by atoms with Gasteiger partial charge in [0.2, 0.25) is 15.9 Å². The van der Waals surface area contributed by atoms with Crippen molar-refractivity contribution in [3.63, 3.8) is 0 Å². The number of methoxy groups -OCH3 is 1. The van der Waals surface area contributed by atoms with Crippen molar-refractivity contribution in [1.82, 2.24) is 10.0 Å². The van der Waals surface area contributed by atoms with Crippen LogP contribution in [0.15, 0.2) is 53.4 Å². The Morgan fingerprint density at radius 1 is 1.19 bits per heavy atom. The van der Waals surface area contributed by atoms with Gasteiger partial charge in [0.15, 0.2) is 0 Å². The molecular weight excluding hydrogens is 368 g/mol. The van der Waals surface area contributed by atoms with Crippen LogP contribution < -0.4 is 14.8 Å². The van der Waals surface area contributed by atoms with Crippen LogP contribution in [0.2, 0.25) is 0 Å². The van der Waals surface area contributed by atoms with Crippen molar-refractivity contribution in [1.29, 1.82) is 0 Å². The number of amides is 1. The maximum atomic E-state index is 12.9. The standard InChI is InChI=1S/C19H24N2O5S/c1-14-8-9-17(26-2)18(12-14)27(24,25)21-16(19(23)20-10-11-22)13-15-6-4-3-5-7-15/h3-9,12,16,21-22H,10-11,13H2,1-2H3,(H,20,23)/t16-/m0/s1. The summed E-state index contributed by atoms with van der Waals surface area (Å²) >= 11 is 0. The van der Waals surface area contributed by atoms with Crippen molar-refractivity contribution in [3.8, 4) is 5.75 Å². The molecule has 1 atom stereocenters. The molecule has 0 heterocycles. The van der Waals surface area contributed by atoms with Crippen molar-refractivity contribution in [2.75, 3.05) is 20.3 Å². The summed E-state index contributed by atoms with van der Waals surface area (Å²) in [6, 6.07) is 12.9. The van der Waals surface area contributed by atoms with Gasteiger partial charge in [-0.3, -0.25) is 4.79 Å². The number of hydrogen-bond donors (Lipinski definition) is 3. The van der Waals surface area contributed by atoms with Gasteiger partial charge < -0.3 is 15.2 Å². The molecule has 0 saturated carbocycles. The Morgan fingerprint density at radius 2 is 1.89 bits per heavy atom. The van der Waals surface area contributed by atoms with Crippen LogP contribution in [0, 0.1) is 6.92 Å². The van der Waals surface area contributed by atoms with Crippen LogP contribution in [-0.2, 0) is 21.2 Å². The Morgan fingerprint density at radius 3 is 2.52 bits per heavy atom. The molecule has 0 fully saturated rings. The van der Waals surface area contributed by atoms with Crippen LogP contribution in [-0.4, -0.2) is 45.7 Å². The normalized spacial score (nSPS) is 12.4. The van der Waals surface area contributed by atoms with E-state index in [4.69, 9.17) is 9.84 Å². The molecular formula is C19H24N2O5S. The number of ether oxygens (including phenoxy) is 1. The third-order valence-electron chi connectivity index (χ3n) is 3.92. The monoisotopic (exact) mass is 392 g/mol. The first kappa shape index (κ1) is 20.9. The predicted octanol–water partition coefficient (Wildman–Crippen LogP) is 1.00. The van der Waals surface area contributed by atoms with Gasteiger partial charge in [0.25, 0.3) is 0 Å². The van der Waals surface area contributed by atoms with E-state index in [0.29, 0.717) is 0 Å². The SMILES string of the molecule is COc1ccc(C)cc1S(=O)(=O)N[C@@H](Cc1ccccc1)C(=O)NCCO. The van der Waals surface area contributed by atoms with Crippen LogP contribution in [0.4, 0.5) is 0 Å². The predicted molar refractivity (Wildman–Crippen MR) is 102 cm³/mol. The average Bonchev–Trinajstić information content (AvgIpc) is 2.66. The maximum absolute atomic E-state index is 12.9. The van der Waals surface area contributed by atoms with E-state index in [1.165, 1.54) is 13.2 Å². The van der Waals surface area contributed by atoms with E-state index >= 15 is 0 Å². The highest BCUT2D eigenvalue weighted by Crippen LogP contribution is 2.25. The van der Waals surface area contributed by atoms with E-state index in [1.54, 1.807) is 19.1 Å². The molecule has 2 aromatic rings. The molecule has 0 unspecified atom stereocenters. The summed E-state index contributed by atoms with van der Waals surface area (Å²) in [7, 11) is -2.63. The molecule has 2 rings (SSSR count). The first-order valence-electron chi connectivity index (χ1n) is 8.47. The molecule has 8 heteroatoms. The number of benzene rings is 2. The number of carbonyl (C=O) groups is 1. The first-order chi connectivity index (χ1) is 12.9. The van der Waals surface area contributed by atoms with Crippen LogP contribution in [0.1, 0.15) is 11.1 Å². The largest absolute Gasteiger partial charge is 0.495 e. The van der Waals surface area contributed by atoms with Crippen molar-refractivity contribution >= 4 is 15.9 Å². The van der Waals surface area contributed by atoms with Crippen molar-refractivity contribution in [2.45, 2.75) is 24.3 Å². The lowest BCUT2D eigenvalue weighted by Gasteiger charge is -2.19. The third-order valence-corrected chi connectivity index (χ3v) is 5.41. The number of hydrogen-bond acceptors (Lipinski definition) is 5. The van der Waals surface area contributed by atoms with Gasteiger partial charge in [-0.25, -0.2) is 8.42 Å². The second kappa shape index (κ2) is 9.50. The Bertz CT molecular complexity index is 869. The van der Waals surface area contributed by atoms with Crippen LogP contribution in [0.3, 0.4) is 0 Å². The van der Waals surface area contributed by atoms with E-state index < -0.39 is 22.0 Å². The Hall–Kier alpha value is -2.42. The van der Waals surface area contributed by atoms with Crippen LogP contribution in [0.25, 0.3) is 0 Å². The Kier molecular flexibility index (Phi) is 7.35. The van der Waals surface area contributed by atoms with Gasteiger partial charge in [-0.2, -0.15) is 4.72 Å². The van der Waals surface area contributed by atoms with Gasteiger partial charge in [-0.05, 0) is 36.6 Å². The Labute approximate surface area is 159 Å². The zero-order chi connectivity index (χ0) is 19.9. The molecule has 0 aromatic heterocycles. The molecule has 0 bridgehead atoms. The minimum Gasteiger partial charge on any atom is -0.495 e. The number of aliphatic hydroxyl groups is 1. The highest BCUT2D eigenvalue weighted by Gasteiger charge is 2.28. The first-order valence-corrected chi connectivity index (χ1v) is 9.95. The van der Waals surface area contributed by atoms with Crippen molar-refractivity contribution < 1.29 is 23.1 Å². The van der Waals surface area contributed by atoms with Crippen molar-refractivity contribution in [3.05, 3.63) is 59.7 Å². The molecule has 0 aliphatic carbocycles. The fourth-order valence-corrected chi connectivity index (χ4v) is 4.03. The molecule has 0 aliphatic heterocycles. The summed E-state index contributed by atoms with van der Waals surface area (Å²) in [5, 5.41) is 11.4. The lowest BCUT2D eigenvalue weighted by Crippen LogP contribution is -2.48. The zero-order valence-corrected chi connectivity index (χ0v) is 16.1. The molecule has 0 aliphatic rings. The molecule has 146 valence electrons. The summed E-state index contributed by atoms with van der Waals surface area (Å²) in [6.07, 6.45) is 0.172. The molecule has 3 N–H and O–H groups in total. The molecule has 0 radical (unpaired) electrons. The third kappa shape index (κ3) is 5.78. The van der Waals surface area contributed by atoms with Crippen molar-refractivity contribution in [2.24, 2.45) is 0 Å². The average molecular weight is 392 g/mol. The van der Waals surface area contributed by atoms with Gasteiger partial charge in [0.05, 0.1) is 13.7 Å². The highest BCUT2D eigenvalue weighted by atomic mass is 32.2. The number of aryl methyl sites for hydroxylation is 1. The van der Waals surface area contributed by atoms with Crippen LogP contribution in [0.5, 0.6) is 5.75 Å². The van der Waals surface area contributed by atoms with E-state index in [1.807, 2.05) is 30.3 Å². The summed E-state index contributed by atoms with van der Waals surface area (Å²) < 4.78 is 33.5. The molecule has 27 heavy (non-hydrogen) atoms. The quantitative estimate of drug-likeness (QED) is 0.591. The summed E-state index contributed by atoms with van der Waals surface area (Å²) in [5.74, 6) is -0.314. The lowest BCUT2D eigenvalue weighted by atomic mass is 10.1. The summed E-state index contributed by atoms with van der Waals surface area (Å²) in [4.78, 5) is 12.4. The zero-order valence-electron chi connectivity index (χ0n) is 15.3. The molecule has 0 spiro atoms. The lowest BCUT2D eigenvalue weighted by molar-refractivity contribution is -0.122. The second-order valence-corrected chi connectivity index (χ2v) is 7.71. The number of carbonyl (C=O) groups excluding carboxylic acids is 1. The number of rotatable bonds is 9. The fourth-order valence-electron chi connectivity index (χ4n) is 2.58. The topological polar surface area (TPSA) is 105 Å². The fraction of sp³-hybridized carbons (Fsp3) is 0.316. The molecule has 1 amide bonds. The van der Waals surface area contributed by atoms with Crippen LogP contribution >= 0.6 is 0 Å². The van der Waals surface area contributed by atoms with Gasteiger partial charge in [0.1, 0.15) is 16.7 Å². The van der Waals surface area contributed by atoms with Gasteiger partial charge >= 0.3 is 0 Å². The van der Waals surface area contributed by atoms with E-state index in [-0.39, 0.29) is 30.2 Å². The van der Waals surface area contributed by atoms with E-state index in [0.717, 1.165) is 11.1 Å². The summed E-state index contributed by atoms with van der Waals surface area (Å²) in [5.41, 5.74) is 1.56. The summed E-state index contributed by atoms with van der Waals surface area (Å²) in [6.45, 7) is 1.58. The molecule has 7 nitrogen and oxygen atoms in total. The maximum Gasteiger partial charge on any atom is 0.244 e.